The van der Waals surface area contributed by atoms with Crippen LogP contribution in [0.25, 0.3) is 100 Å². The monoisotopic (exact) mass is 1390 g/mol. The zero-order valence-electron chi connectivity index (χ0n) is 57.8. The number of aromatic nitrogens is 5. The van der Waals surface area contributed by atoms with Crippen LogP contribution < -0.4 is 28.9 Å². The zero-order valence-corrected chi connectivity index (χ0v) is 59.0. The molecule has 0 bridgehead atoms. The van der Waals surface area contributed by atoms with Gasteiger partial charge in [-0.25, -0.2) is 15.0 Å². The van der Waals surface area contributed by atoms with E-state index in [1.54, 1.807) is 0 Å². The zero-order chi connectivity index (χ0) is 71.3. The van der Waals surface area contributed by atoms with Crippen LogP contribution in [0.1, 0.15) is 0 Å². The Morgan fingerprint density at radius 3 is 0.645 bits per heavy atom. The Bertz CT molecular complexity index is 5610. The third-order valence-corrected chi connectivity index (χ3v) is 19.8. The third kappa shape index (κ3) is 11.6. The molecule has 13 heteroatoms. The van der Waals surface area contributed by atoms with Crippen molar-refractivity contribution in [1.82, 2.24) is 24.1 Å². The highest BCUT2D eigenvalue weighted by Gasteiger charge is 2.29. The first-order valence-electron chi connectivity index (χ1n) is 35.6. The summed E-state index contributed by atoms with van der Waals surface area (Å²) in [5.74, 6) is 6.47. The summed E-state index contributed by atoms with van der Waals surface area (Å²) in [6.07, 6.45) is 0. The first-order chi connectivity index (χ1) is 53.0. The predicted octanol–water partition coefficient (Wildman–Crippen LogP) is 25.1. The molecule has 11 nitrogen and oxygen atoms in total. The van der Waals surface area contributed by atoms with Crippen LogP contribution in [-0.2, 0) is 0 Å². The second kappa shape index (κ2) is 27.4. The van der Waals surface area contributed by atoms with Gasteiger partial charge in [0, 0.05) is 66.7 Å². The van der Waals surface area contributed by atoms with Gasteiger partial charge in [-0.2, -0.15) is 0 Å². The highest BCUT2D eigenvalue weighted by Crippen LogP contribution is 2.54. The molecule has 0 N–H and O–H groups in total. The van der Waals surface area contributed by atoms with Crippen molar-refractivity contribution in [2.75, 3.05) is 20.8 Å². The molecule has 15 aromatic carbocycles. The number of anilines is 9. The Morgan fingerprint density at radius 1 is 0.224 bits per heavy atom. The molecule has 2 radical (unpaired) electrons. The van der Waals surface area contributed by atoms with Crippen molar-refractivity contribution < 1.29 is 14.2 Å². The molecule has 0 amide bonds. The van der Waals surface area contributed by atoms with E-state index in [1.165, 1.54) is 66.1 Å². The van der Waals surface area contributed by atoms with Crippen LogP contribution in [0.4, 0.5) is 51.2 Å². The van der Waals surface area contributed by atoms with E-state index in [1.807, 2.05) is 109 Å². The molecule has 6 heterocycles. The molecular weight excluding hydrogens is 1330 g/mol. The molecule has 0 saturated carbocycles. The van der Waals surface area contributed by atoms with E-state index in [0.29, 0.717) is 23.5 Å². The molecule has 21 rings (SSSR count). The molecule has 0 saturated heterocycles. The molecule has 0 spiro atoms. The van der Waals surface area contributed by atoms with Crippen LogP contribution in [0.5, 0.6) is 34.5 Å². The second-order valence-corrected chi connectivity index (χ2v) is 26.6. The summed E-state index contributed by atoms with van der Waals surface area (Å²) in [6, 6.07) is 127. The van der Waals surface area contributed by atoms with E-state index in [-0.39, 0.29) is 0 Å². The summed E-state index contributed by atoms with van der Waals surface area (Å²) in [4.78, 5) is 22.1. The molecule has 3 aromatic heterocycles. The van der Waals surface area contributed by atoms with Crippen LogP contribution in [0.2, 0.25) is 0 Å². The van der Waals surface area contributed by atoms with Gasteiger partial charge in [0.2, 0.25) is 0 Å². The van der Waals surface area contributed by atoms with Crippen molar-refractivity contribution in [3.8, 4) is 91.2 Å². The van der Waals surface area contributed by atoms with Crippen molar-refractivity contribution in [2.45, 2.75) is 0 Å². The largest absolute Gasteiger partial charge is 0.453 e. The maximum Gasteiger partial charge on any atom is 0.164 e. The lowest BCUT2D eigenvalue weighted by Gasteiger charge is -2.32. The molecule has 506 valence electrons. The van der Waals surface area contributed by atoms with Gasteiger partial charge in [-0.3, -0.25) is 0 Å². The quantitative estimate of drug-likeness (QED) is 0.104. The van der Waals surface area contributed by atoms with E-state index in [9.17, 15) is 0 Å². The Kier molecular flexibility index (Phi) is 16.4. The standard InChI is InChI=1S/C57H36N6O3.C36H24N2.CH4BP/c1-7-19-49-43(13-1)61(44-14-2-8-20-50(44)64-49)40-31-25-37(26-32-40)55-58-56(38-27-33-41(34-28-38)62-45-15-3-9-21-51(45)65-52-22-10-4-16-46(52)62)60-57(59-55)39-29-35-42(36-30-39)63-47-17-5-11-23-53(47)66-54-24-12-6-18-48(54)63;1-5-13-33-29(9-1)30-10-2-6-14-34(30)37(33)27-21-17-25(18-22-27)26-19-23-28(24-20-26)38-35-15-7-3-11-31(35)32-12-4-8-16-36(32)38;2-1-3/h1-36H;1-24H;1,3H2. The molecule has 18 aromatic rings. The molecule has 0 fully saturated rings. The summed E-state index contributed by atoms with van der Waals surface area (Å²) < 4.78 is 23.6. The first-order valence-corrected chi connectivity index (χ1v) is 36.4. The Morgan fingerprint density at radius 2 is 0.411 bits per heavy atom. The minimum Gasteiger partial charge on any atom is -0.453 e. The van der Waals surface area contributed by atoms with E-state index in [4.69, 9.17) is 37.0 Å². The summed E-state index contributed by atoms with van der Waals surface area (Å²) >= 11 is 0. The molecule has 0 aliphatic carbocycles. The number of benzene rings is 15. The predicted molar refractivity (Wildman–Crippen MR) is 441 cm³/mol. The van der Waals surface area contributed by atoms with Crippen molar-refractivity contribution in [1.29, 1.82) is 0 Å². The Balaban J connectivity index is 0.000000161. The van der Waals surface area contributed by atoms with Gasteiger partial charge in [-0.15, -0.1) is 9.24 Å². The lowest BCUT2D eigenvalue weighted by Crippen LogP contribution is -2.15. The van der Waals surface area contributed by atoms with Crippen molar-refractivity contribution in [2.24, 2.45) is 0 Å². The van der Waals surface area contributed by atoms with Gasteiger partial charge in [0.05, 0.1) is 64.0 Å². The summed E-state index contributed by atoms with van der Waals surface area (Å²) in [5, 5.41) is 5.14. The van der Waals surface area contributed by atoms with E-state index < -0.39 is 0 Å². The fourth-order valence-electron chi connectivity index (χ4n) is 15.0. The topological polar surface area (TPSA) is 85.9 Å². The van der Waals surface area contributed by atoms with Crippen molar-refractivity contribution >= 4 is 112 Å². The smallest absolute Gasteiger partial charge is 0.164 e. The minimum atomic E-state index is 0.560. The van der Waals surface area contributed by atoms with E-state index in [2.05, 4.69) is 288 Å². The highest BCUT2D eigenvalue weighted by atomic mass is 31.0. The Hall–Kier alpha value is -13.8. The summed E-state index contributed by atoms with van der Waals surface area (Å²) in [5.41, 5.74) is 21.0. The van der Waals surface area contributed by atoms with Crippen LogP contribution in [-0.4, -0.2) is 38.0 Å². The SMILES string of the molecule is [B]CP.c1ccc2c(c1)Oc1ccccc1N2c1ccc(-c2nc(-c3ccc(N4c5ccccc5Oc5ccccc54)cc3)nc(-c3ccc(N4c5ccccc5Oc5ccccc54)cc3)n2)cc1.c1ccc2c(c1)c1ccccc1n2-c1ccc(-c2ccc(-n3c4ccccc4c4ccccc43)cc2)cc1. The number of hydrogen-bond donors (Lipinski definition) is 0. The summed E-state index contributed by atoms with van der Waals surface area (Å²) in [6.45, 7) is 0. The molecule has 1 unspecified atom stereocenters. The van der Waals surface area contributed by atoms with Gasteiger partial charge >= 0.3 is 0 Å². The molecule has 107 heavy (non-hydrogen) atoms. The van der Waals surface area contributed by atoms with E-state index >= 15 is 0 Å². The maximum absolute atomic E-state index is 6.29. The van der Waals surface area contributed by atoms with Gasteiger partial charge in [-0.1, -0.05) is 176 Å². The average Bonchev–Trinajstić information content (AvgIpc) is 1.16. The second-order valence-electron chi connectivity index (χ2n) is 26.1. The van der Waals surface area contributed by atoms with Gasteiger partial charge in [0.15, 0.2) is 52.0 Å². The summed E-state index contributed by atoms with van der Waals surface area (Å²) in [7, 11) is 7.17. The van der Waals surface area contributed by atoms with Crippen LogP contribution in [0.3, 0.4) is 0 Å². The van der Waals surface area contributed by atoms with E-state index in [0.717, 1.165) is 102 Å². The van der Waals surface area contributed by atoms with Gasteiger partial charge in [0.1, 0.15) is 0 Å². The Labute approximate surface area is 622 Å². The molecule has 1 atom stereocenters. The number of nitrogens with zero attached hydrogens (tertiary/aromatic N) is 8. The number of rotatable bonds is 9. The maximum atomic E-state index is 6.29. The average molecular weight is 1400 g/mol. The van der Waals surface area contributed by atoms with Crippen LogP contribution >= 0.6 is 9.24 Å². The van der Waals surface area contributed by atoms with Crippen LogP contribution in [0, 0.1) is 0 Å². The third-order valence-electron chi connectivity index (χ3n) is 19.8. The number of hydrogen-bond acceptors (Lipinski definition) is 9. The minimum absolute atomic E-state index is 0.560. The molecular formula is C94H64BN8O3P. The molecule has 3 aliphatic rings. The molecule has 3 aliphatic heterocycles. The van der Waals surface area contributed by atoms with Crippen LogP contribution in [0.15, 0.2) is 364 Å². The number of fused-ring (bicyclic) bond motifs is 12. The van der Waals surface area contributed by atoms with Crippen molar-refractivity contribution in [3.63, 3.8) is 0 Å². The van der Waals surface area contributed by atoms with Crippen molar-refractivity contribution in [3.05, 3.63) is 364 Å². The van der Waals surface area contributed by atoms with Gasteiger partial charge in [0.25, 0.3) is 0 Å². The van der Waals surface area contributed by atoms with Gasteiger partial charge < -0.3 is 38.0 Å². The fourth-order valence-corrected chi connectivity index (χ4v) is 15.0. The number of para-hydroxylation sites is 16. The lowest BCUT2D eigenvalue weighted by molar-refractivity contribution is 0.477. The number of ether oxygens (including phenoxy) is 3. The lowest BCUT2D eigenvalue weighted by atomic mass is 10.0. The normalized spacial score (nSPS) is 12.2. The highest BCUT2D eigenvalue weighted by molar-refractivity contribution is 7.19. The van der Waals surface area contributed by atoms with Gasteiger partial charge in [-0.05, 0) is 205 Å². The fraction of sp³-hybridized carbons (Fsp3) is 0.0106. The first kappa shape index (κ1) is 64.1.